The van der Waals surface area contributed by atoms with E-state index in [4.69, 9.17) is 11.0 Å². The first kappa shape index (κ1) is 13.6. The lowest BCUT2D eigenvalue weighted by molar-refractivity contribution is 0.452. The SMILES string of the molecule is N#CN1CCC(n2cc(-c3ccccc3)c3c(N)ncnc32)C1. The number of nitrogens with two attached hydrogens (primary N) is 1. The Kier molecular flexibility index (Phi) is 3.12. The van der Waals surface area contributed by atoms with Crippen molar-refractivity contribution in [3.8, 4) is 17.3 Å². The Hall–Kier alpha value is -3.07. The Morgan fingerprint density at radius 1 is 1.22 bits per heavy atom. The van der Waals surface area contributed by atoms with E-state index in [-0.39, 0.29) is 6.04 Å². The fourth-order valence-electron chi connectivity index (χ4n) is 3.28. The lowest BCUT2D eigenvalue weighted by Gasteiger charge is -2.12. The molecule has 0 bridgehead atoms. The molecular formula is C17H16N6. The van der Waals surface area contributed by atoms with Gasteiger partial charge in [0.1, 0.15) is 17.8 Å². The molecule has 1 unspecified atom stereocenters. The van der Waals surface area contributed by atoms with Gasteiger partial charge in [-0.05, 0) is 12.0 Å². The number of likely N-dealkylation sites (tertiary alicyclic amines) is 1. The molecule has 0 saturated carbocycles. The second-order valence-corrected chi connectivity index (χ2v) is 5.76. The van der Waals surface area contributed by atoms with Crippen molar-refractivity contribution in [3.63, 3.8) is 0 Å². The van der Waals surface area contributed by atoms with Crippen molar-refractivity contribution in [2.24, 2.45) is 0 Å². The van der Waals surface area contributed by atoms with Crippen LogP contribution >= 0.6 is 0 Å². The maximum absolute atomic E-state index is 9.09. The Morgan fingerprint density at radius 2 is 2.04 bits per heavy atom. The molecule has 0 radical (unpaired) electrons. The van der Waals surface area contributed by atoms with Crippen molar-refractivity contribution in [1.29, 1.82) is 5.26 Å². The summed E-state index contributed by atoms with van der Waals surface area (Å²) in [6.07, 6.45) is 6.74. The highest BCUT2D eigenvalue weighted by Gasteiger charge is 2.26. The van der Waals surface area contributed by atoms with Gasteiger partial charge in [0.05, 0.1) is 11.4 Å². The van der Waals surface area contributed by atoms with Gasteiger partial charge in [0.2, 0.25) is 0 Å². The van der Waals surface area contributed by atoms with Crippen LogP contribution in [0.2, 0.25) is 0 Å². The maximum Gasteiger partial charge on any atom is 0.179 e. The first-order valence-electron chi connectivity index (χ1n) is 7.59. The number of benzene rings is 1. The van der Waals surface area contributed by atoms with Gasteiger partial charge in [-0.2, -0.15) is 5.26 Å². The van der Waals surface area contributed by atoms with Gasteiger partial charge in [-0.15, -0.1) is 0 Å². The van der Waals surface area contributed by atoms with Gasteiger partial charge in [-0.3, -0.25) is 0 Å². The third-order valence-electron chi connectivity index (χ3n) is 4.42. The normalized spacial score (nSPS) is 17.5. The van der Waals surface area contributed by atoms with E-state index in [2.05, 4.69) is 39.1 Å². The van der Waals surface area contributed by atoms with E-state index in [0.717, 1.165) is 35.1 Å². The fourth-order valence-corrected chi connectivity index (χ4v) is 3.28. The molecule has 2 N–H and O–H groups in total. The average Bonchev–Trinajstić information content (AvgIpc) is 3.20. The summed E-state index contributed by atoms with van der Waals surface area (Å²) in [5.74, 6) is 0.489. The topological polar surface area (TPSA) is 83.8 Å². The van der Waals surface area contributed by atoms with Gasteiger partial charge >= 0.3 is 0 Å². The number of nitrogen functional groups attached to an aromatic ring is 1. The molecule has 1 aliphatic heterocycles. The van der Waals surface area contributed by atoms with Gasteiger partial charge in [-0.1, -0.05) is 30.3 Å². The summed E-state index contributed by atoms with van der Waals surface area (Å²) in [4.78, 5) is 10.4. The highest BCUT2D eigenvalue weighted by molar-refractivity contribution is 6.00. The van der Waals surface area contributed by atoms with Crippen LogP contribution in [0.1, 0.15) is 12.5 Å². The largest absolute Gasteiger partial charge is 0.383 e. The number of nitriles is 1. The standard InChI is InChI=1S/C17H16N6/c18-10-22-7-6-13(8-22)23-9-14(12-4-2-1-3-5-12)15-16(19)20-11-21-17(15)23/h1-5,9,11,13H,6-8H2,(H2,19,20,21). The summed E-state index contributed by atoms with van der Waals surface area (Å²) < 4.78 is 2.15. The van der Waals surface area contributed by atoms with E-state index < -0.39 is 0 Å². The molecular weight excluding hydrogens is 288 g/mol. The molecule has 6 heteroatoms. The second-order valence-electron chi connectivity index (χ2n) is 5.76. The summed E-state index contributed by atoms with van der Waals surface area (Å²) >= 11 is 0. The number of nitrogens with zero attached hydrogens (tertiary/aromatic N) is 5. The lowest BCUT2D eigenvalue weighted by atomic mass is 10.1. The van der Waals surface area contributed by atoms with Crippen LogP contribution in [0.3, 0.4) is 0 Å². The van der Waals surface area contributed by atoms with E-state index in [9.17, 15) is 0 Å². The lowest BCUT2D eigenvalue weighted by Crippen LogP contribution is -2.15. The number of anilines is 1. The highest BCUT2D eigenvalue weighted by Crippen LogP contribution is 2.35. The van der Waals surface area contributed by atoms with Crippen molar-refractivity contribution in [2.45, 2.75) is 12.5 Å². The minimum atomic E-state index is 0.226. The summed E-state index contributed by atoms with van der Waals surface area (Å²) in [7, 11) is 0. The third-order valence-corrected chi connectivity index (χ3v) is 4.42. The van der Waals surface area contributed by atoms with Crippen molar-refractivity contribution in [3.05, 3.63) is 42.9 Å². The van der Waals surface area contributed by atoms with Crippen LogP contribution in [-0.2, 0) is 0 Å². The summed E-state index contributed by atoms with van der Waals surface area (Å²) in [5.41, 5.74) is 9.09. The Morgan fingerprint density at radius 3 is 2.78 bits per heavy atom. The Bertz CT molecular complexity index is 893. The molecule has 114 valence electrons. The van der Waals surface area contributed by atoms with Crippen molar-refractivity contribution < 1.29 is 0 Å². The Balaban J connectivity index is 1.90. The number of fused-ring (bicyclic) bond motifs is 1. The van der Waals surface area contributed by atoms with Crippen LogP contribution in [0, 0.1) is 11.5 Å². The summed E-state index contributed by atoms with van der Waals surface area (Å²) in [6, 6.07) is 10.3. The molecule has 4 rings (SSSR count). The van der Waals surface area contributed by atoms with E-state index in [1.807, 2.05) is 18.2 Å². The van der Waals surface area contributed by atoms with Crippen molar-refractivity contribution >= 4 is 16.9 Å². The monoisotopic (exact) mass is 304 g/mol. The minimum absolute atomic E-state index is 0.226. The highest BCUT2D eigenvalue weighted by atomic mass is 15.2. The van der Waals surface area contributed by atoms with E-state index in [1.165, 1.54) is 6.33 Å². The summed E-state index contributed by atoms with van der Waals surface area (Å²) in [6.45, 7) is 1.49. The molecule has 1 atom stereocenters. The van der Waals surface area contributed by atoms with Crippen LogP contribution < -0.4 is 5.73 Å². The van der Waals surface area contributed by atoms with Gasteiger partial charge < -0.3 is 15.2 Å². The smallest absolute Gasteiger partial charge is 0.179 e. The molecule has 0 aliphatic carbocycles. The zero-order chi connectivity index (χ0) is 15.8. The first-order chi connectivity index (χ1) is 11.3. The quantitative estimate of drug-likeness (QED) is 0.735. The molecule has 1 fully saturated rings. The van der Waals surface area contributed by atoms with Crippen LogP contribution in [0.5, 0.6) is 0 Å². The predicted octanol–water partition coefficient (Wildman–Crippen LogP) is 2.41. The number of hydrogen-bond donors (Lipinski definition) is 1. The zero-order valence-electron chi connectivity index (χ0n) is 12.6. The molecule has 1 aliphatic rings. The third kappa shape index (κ3) is 2.18. The zero-order valence-corrected chi connectivity index (χ0v) is 12.6. The average molecular weight is 304 g/mol. The van der Waals surface area contributed by atoms with Crippen molar-refractivity contribution in [1.82, 2.24) is 19.4 Å². The van der Waals surface area contributed by atoms with E-state index >= 15 is 0 Å². The molecule has 1 aromatic carbocycles. The van der Waals surface area contributed by atoms with Crippen LogP contribution in [0.25, 0.3) is 22.2 Å². The molecule has 0 amide bonds. The molecule has 23 heavy (non-hydrogen) atoms. The van der Waals surface area contributed by atoms with Crippen LogP contribution in [-0.4, -0.2) is 32.5 Å². The Labute approximate surface area is 133 Å². The minimum Gasteiger partial charge on any atom is -0.383 e. The number of hydrogen-bond acceptors (Lipinski definition) is 5. The maximum atomic E-state index is 9.09. The first-order valence-corrected chi connectivity index (χ1v) is 7.59. The molecule has 1 saturated heterocycles. The summed E-state index contributed by atoms with van der Waals surface area (Å²) in [5, 5.41) is 9.98. The fraction of sp³-hybridized carbons (Fsp3) is 0.235. The molecule has 0 spiro atoms. The van der Waals surface area contributed by atoms with E-state index in [0.29, 0.717) is 12.4 Å². The van der Waals surface area contributed by atoms with E-state index in [1.54, 1.807) is 4.90 Å². The second kappa shape index (κ2) is 5.29. The van der Waals surface area contributed by atoms with Gasteiger partial charge in [0, 0.05) is 24.8 Å². The number of aromatic nitrogens is 3. The number of rotatable bonds is 2. The van der Waals surface area contributed by atoms with Gasteiger partial charge in [0.25, 0.3) is 0 Å². The van der Waals surface area contributed by atoms with Gasteiger partial charge in [-0.25, -0.2) is 9.97 Å². The molecule has 3 aromatic rings. The molecule has 6 nitrogen and oxygen atoms in total. The van der Waals surface area contributed by atoms with Crippen molar-refractivity contribution in [2.75, 3.05) is 18.8 Å². The van der Waals surface area contributed by atoms with Crippen LogP contribution in [0.15, 0.2) is 42.9 Å². The van der Waals surface area contributed by atoms with Gasteiger partial charge in [0.15, 0.2) is 6.19 Å². The van der Waals surface area contributed by atoms with Crippen LogP contribution in [0.4, 0.5) is 5.82 Å². The molecule has 2 aromatic heterocycles. The predicted molar refractivity (Wildman–Crippen MR) is 88.2 cm³/mol. The molecule has 3 heterocycles.